The van der Waals surface area contributed by atoms with Gasteiger partial charge in [-0.1, -0.05) is 29.8 Å². The zero-order valence-electron chi connectivity index (χ0n) is 34.6. The number of hydrogen-bond acceptors (Lipinski definition) is 12. The summed E-state index contributed by atoms with van der Waals surface area (Å²) < 4.78 is 22.1. The second kappa shape index (κ2) is 19.0. The standard InChI is InChI=1S/C40H52Cl2N8O8/c1-12-32(51)46-27-20-26(48-17-15-25(16-18-48)47(8)9)13-14-28(27)49(37(53)57-39(2,3)4)31-19-24(44-23-45-31)22-43-36(52)50(38(54)58-40(5,6)7)35-33(41)29(55-10)21-30(56-11)34(35)42/h12-14,19-21,23,25H,1,15-18,22H2,2-11H3,(H,43,52)(H,46,51). The number of benzene rings is 2. The van der Waals surface area contributed by atoms with Crippen LogP contribution in [0.1, 0.15) is 60.1 Å². The third-order valence-electron chi connectivity index (χ3n) is 8.71. The van der Waals surface area contributed by atoms with E-state index in [0.29, 0.717) is 16.6 Å². The number of ether oxygens (including phenoxy) is 4. The first-order valence-corrected chi connectivity index (χ1v) is 19.2. The molecule has 0 atom stereocenters. The molecule has 2 N–H and O–H groups in total. The Morgan fingerprint density at radius 1 is 0.897 bits per heavy atom. The molecule has 18 heteroatoms. The zero-order chi connectivity index (χ0) is 43.1. The van der Waals surface area contributed by atoms with E-state index < -0.39 is 35.3 Å². The van der Waals surface area contributed by atoms with Crippen molar-refractivity contribution < 1.29 is 38.1 Å². The average Bonchev–Trinajstić information content (AvgIpc) is 3.15. The highest BCUT2D eigenvalue weighted by atomic mass is 35.5. The first-order valence-electron chi connectivity index (χ1n) is 18.4. The number of nitrogens with one attached hydrogen (secondary N) is 2. The fourth-order valence-electron chi connectivity index (χ4n) is 5.97. The molecule has 0 bridgehead atoms. The summed E-state index contributed by atoms with van der Waals surface area (Å²) in [5.41, 5.74) is -0.575. The Bertz CT molecular complexity index is 1980. The second-order valence-electron chi connectivity index (χ2n) is 15.5. The van der Waals surface area contributed by atoms with Gasteiger partial charge in [-0.15, -0.1) is 0 Å². The molecule has 0 aliphatic carbocycles. The number of urea groups is 1. The number of imide groups is 1. The van der Waals surface area contributed by atoms with Crippen LogP contribution >= 0.6 is 23.2 Å². The van der Waals surface area contributed by atoms with Crippen molar-refractivity contribution in [1.82, 2.24) is 20.2 Å². The first-order chi connectivity index (χ1) is 27.2. The highest BCUT2D eigenvalue weighted by Crippen LogP contribution is 2.46. The number of methoxy groups -OCH3 is 2. The zero-order valence-corrected chi connectivity index (χ0v) is 36.1. The molecule has 2 heterocycles. The van der Waals surface area contributed by atoms with Crippen LogP contribution in [-0.4, -0.2) is 97.6 Å². The SMILES string of the molecule is C=CC(=O)Nc1cc(N2CCC(N(C)C)CC2)ccc1N(C(=O)OC(C)(C)C)c1cc(CNC(=O)N(C(=O)OC(C)(C)C)c2c(Cl)c(OC)cc(OC)c2Cl)ncn1. The van der Waals surface area contributed by atoms with Crippen LogP contribution in [0.5, 0.6) is 11.5 Å². The smallest absolute Gasteiger partial charge is 0.423 e. The summed E-state index contributed by atoms with van der Waals surface area (Å²) in [7, 11) is 6.84. The van der Waals surface area contributed by atoms with Crippen molar-refractivity contribution >= 4 is 75.9 Å². The molecule has 1 aromatic heterocycles. The Kier molecular flexibility index (Phi) is 14.8. The molecule has 4 rings (SSSR count). The first kappa shape index (κ1) is 45.4. The lowest BCUT2D eigenvalue weighted by Gasteiger charge is -2.37. The molecule has 3 aromatic rings. The Labute approximate surface area is 349 Å². The van der Waals surface area contributed by atoms with E-state index in [2.05, 4.69) is 51.1 Å². The average molecular weight is 844 g/mol. The molecular formula is C40H52Cl2N8O8. The van der Waals surface area contributed by atoms with Crippen molar-refractivity contribution in [3.8, 4) is 11.5 Å². The molecule has 1 saturated heterocycles. The number of nitrogens with zero attached hydrogens (tertiary/aromatic N) is 6. The predicted octanol–water partition coefficient (Wildman–Crippen LogP) is 8.18. The number of carbonyl (C=O) groups excluding carboxylic acids is 4. The number of piperidine rings is 1. The van der Waals surface area contributed by atoms with Gasteiger partial charge in [-0.05, 0) is 92.8 Å². The number of anilines is 5. The van der Waals surface area contributed by atoms with E-state index in [-0.39, 0.29) is 51.0 Å². The van der Waals surface area contributed by atoms with Crippen molar-refractivity contribution in [3.63, 3.8) is 0 Å². The molecule has 5 amide bonds. The summed E-state index contributed by atoms with van der Waals surface area (Å²) in [4.78, 5) is 69.4. The fraction of sp³-hybridized carbons (Fsp3) is 0.450. The van der Waals surface area contributed by atoms with Crippen molar-refractivity contribution in [1.29, 1.82) is 0 Å². The van der Waals surface area contributed by atoms with Gasteiger partial charge in [0.15, 0.2) is 0 Å². The maximum Gasteiger partial charge on any atom is 0.423 e. The Hall–Kier alpha value is -5.32. The van der Waals surface area contributed by atoms with Gasteiger partial charge >= 0.3 is 18.2 Å². The topological polar surface area (TPSA) is 168 Å². The van der Waals surface area contributed by atoms with E-state index in [9.17, 15) is 19.2 Å². The summed E-state index contributed by atoms with van der Waals surface area (Å²) in [6.45, 7) is 15.0. The molecule has 0 spiro atoms. The summed E-state index contributed by atoms with van der Waals surface area (Å²) >= 11 is 13.3. The van der Waals surface area contributed by atoms with Crippen LogP contribution in [0.3, 0.4) is 0 Å². The summed E-state index contributed by atoms with van der Waals surface area (Å²) in [6.07, 6.45) is 2.34. The van der Waals surface area contributed by atoms with Crippen molar-refractivity contribution in [2.24, 2.45) is 0 Å². The van der Waals surface area contributed by atoms with E-state index in [1.165, 1.54) is 37.6 Å². The maximum absolute atomic E-state index is 14.1. The third-order valence-corrected chi connectivity index (χ3v) is 9.44. The number of aromatic nitrogens is 2. The van der Waals surface area contributed by atoms with E-state index >= 15 is 0 Å². The number of carbonyl (C=O) groups is 4. The van der Waals surface area contributed by atoms with Crippen LogP contribution in [0.15, 0.2) is 49.3 Å². The minimum absolute atomic E-state index is 0.0507. The number of hydrogen-bond donors (Lipinski definition) is 2. The number of rotatable bonds is 11. The van der Waals surface area contributed by atoms with E-state index in [1.807, 2.05) is 6.07 Å². The Morgan fingerprint density at radius 2 is 1.48 bits per heavy atom. The lowest BCUT2D eigenvalue weighted by Crippen LogP contribution is -2.46. The molecular weight excluding hydrogens is 791 g/mol. The van der Waals surface area contributed by atoms with Gasteiger partial charge in [-0.2, -0.15) is 4.90 Å². The van der Waals surface area contributed by atoms with Crippen molar-refractivity contribution in [2.75, 3.05) is 61.4 Å². The number of halogens is 2. The minimum atomic E-state index is -1.09. The van der Waals surface area contributed by atoms with E-state index in [1.54, 1.807) is 53.7 Å². The molecule has 314 valence electrons. The minimum Gasteiger partial charge on any atom is -0.495 e. The summed E-state index contributed by atoms with van der Waals surface area (Å²) in [6, 6.07) is 7.69. The predicted molar refractivity (Wildman–Crippen MR) is 225 cm³/mol. The summed E-state index contributed by atoms with van der Waals surface area (Å²) in [5.74, 6) is -0.293. The Morgan fingerprint density at radius 3 is 2.02 bits per heavy atom. The molecule has 1 aliphatic heterocycles. The highest BCUT2D eigenvalue weighted by Gasteiger charge is 2.35. The van der Waals surface area contributed by atoms with Gasteiger partial charge in [0.05, 0.1) is 37.8 Å². The number of amides is 5. The largest absolute Gasteiger partial charge is 0.495 e. The molecule has 0 saturated carbocycles. The monoisotopic (exact) mass is 842 g/mol. The van der Waals surface area contributed by atoms with Gasteiger partial charge in [-0.3, -0.25) is 4.79 Å². The van der Waals surface area contributed by atoms with Crippen LogP contribution in [0.25, 0.3) is 0 Å². The molecule has 16 nitrogen and oxygen atoms in total. The van der Waals surface area contributed by atoms with E-state index in [0.717, 1.165) is 37.7 Å². The lowest BCUT2D eigenvalue weighted by atomic mass is 10.0. The Balaban J connectivity index is 1.75. The van der Waals surface area contributed by atoms with Gasteiger partial charge in [0.1, 0.15) is 50.6 Å². The second-order valence-corrected chi connectivity index (χ2v) is 16.2. The van der Waals surface area contributed by atoms with Crippen LogP contribution in [0.2, 0.25) is 10.0 Å². The van der Waals surface area contributed by atoms with Crippen LogP contribution < -0.4 is 34.8 Å². The van der Waals surface area contributed by atoms with Crippen LogP contribution in [0.4, 0.5) is 43.0 Å². The molecule has 0 unspecified atom stereocenters. The molecule has 0 radical (unpaired) electrons. The molecule has 1 aliphatic rings. The van der Waals surface area contributed by atoms with Crippen LogP contribution in [-0.2, 0) is 20.8 Å². The van der Waals surface area contributed by atoms with Gasteiger partial charge in [0.25, 0.3) is 0 Å². The summed E-state index contributed by atoms with van der Waals surface area (Å²) in [5, 5.41) is 5.18. The van der Waals surface area contributed by atoms with Gasteiger partial charge in [-0.25, -0.2) is 29.3 Å². The fourth-order valence-corrected chi connectivity index (χ4v) is 6.63. The van der Waals surface area contributed by atoms with Gasteiger partial charge in [0, 0.05) is 37.0 Å². The van der Waals surface area contributed by atoms with E-state index in [4.69, 9.17) is 42.1 Å². The van der Waals surface area contributed by atoms with Crippen molar-refractivity contribution in [3.05, 3.63) is 65.1 Å². The maximum atomic E-state index is 14.1. The van der Waals surface area contributed by atoms with Gasteiger partial charge in [0.2, 0.25) is 5.91 Å². The lowest BCUT2D eigenvalue weighted by molar-refractivity contribution is -0.111. The molecule has 58 heavy (non-hydrogen) atoms. The van der Waals surface area contributed by atoms with Crippen molar-refractivity contribution in [2.45, 2.75) is 78.2 Å². The normalized spacial score (nSPS) is 13.4. The quantitative estimate of drug-likeness (QED) is 0.178. The molecule has 1 fully saturated rings. The van der Waals surface area contributed by atoms with Crippen LogP contribution in [0, 0.1) is 0 Å². The third kappa shape index (κ3) is 11.4. The highest BCUT2D eigenvalue weighted by molar-refractivity contribution is 6.43. The molecule has 2 aromatic carbocycles. The van der Waals surface area contributed by atoms with Gasteiger partial charge < -0.3 is 39.4 Å².